The summed E-state index contributed by atoms with van der Waals surface area (Å²) in [5, 5.41) is 153. The van der Waals surface area contributed by atoms with Gasteiger partial charge in [0.2, 0.25) is 6.29 Å². The Balaban J connectivity index is 0.844. The number of hydrogen-bond acceptors (Lipinski definition) is 25. The molecule has 5 saturated heterocycles. The molecule has 14 N–H and O–H groups in total. The summed E-state index contributed by atoms with van der Waals surface area (Å²) in [4.78, 5) is 15.4. The molecule has 5 heterocycles. The summed E-state index contributed by atoms with van der Waals surface area (Å²) < 4.78 is 59.1. The van der Waals surface area contributed by atoms with Crippen molar-refractivity contribution in [2.45, 2.75) is 261 Å². The first-order valence-electron chi connectivity index (χ1n) is 29.5. The van der Waals surface area contributed by atoms with E-state index >= 15 is 4.79 Å². The molecule has 0 bridgehead atoms. The maximum absolute atomic E-state index is 15.4. The third-order valence-corrected chi connectivity index (χ3v) is 22.3. The fourth-order valence-electron chi connectivity index (χ4n) is 17.2. The van der Waals surface area contributed by atoms with Crippen LogP contribution in [0, 0.1) is 50.2 Å². The van der Waals surface area contributed by atoms with Gasteiger partial charge in [-0.15, -0.1) is 0 Å². The molecular weight excluding hydrogens is 1080 g/mol. The molecule has 4 saturated carbocycles. The molecule has 82 heavy (non-hydrogen) atoms. The van der Waals surface area contributed by atoms with E-state index in [4.69, 9.17) is 47.4 Å². The number of ether oxygens (including phenoxy) is 10. The number of hydrogen-bond donors (Lipinski definition) is 14. The van der Waals surface area contributed by atoms with Gasteiger partial charge in [0.25, 0.3) is 0 Å². The summed E-state index contributed by atoms with van der Waals surface area (Å²) in [6, 6.07) is 0. The second kappa shape index (κ2) is 23.0. The highest BCUT2D eigenvalue weighted by molar-refractivity contribution is 5.80. The van der Waals surface area contributed by atoms with E-state index in [2.05, 4.69) is 54.5 Å². The number of carbonyl (C=O) groups is 1. The zero-order valence-corrected chi connectivity index (χ0v) is 48.1. The lowest BCUT2D eigenvalue weighted by atomic mass is 9.33. The molecular formula is C57H92O25. The molecule has 31 atom stereocenters. The van der Waals surface area contributed by atoms with Crippen molar-refractivity contribution in [3.8, 4) is 0 Å². The van der Waals surface area contributed by atoms with Crippen LogP contribution in [0.15, 0.2) is 11.6 Å². The van der Waals surface area contributed by atoms with Crippen molar-refractivity contribution in [2.75, 3.05) is 26.4 Å². The smallest absolute Gasteiger partial charge is 0.317 e. The summed E-state index contributed by atoms with van der Waals surface area (Å²) in [7, 11) is 0. The lowest BCUT2D eigenvalue weighted by molar-refractivity contribution is -0.375. The summed E-state index contributed by atoms with van der Waals surface area (Å²) >= 11 is 0. The van der Waals surface area contributed by atoms with E-state index in [9.17, 15) is 71.5 Å². The van der Waals surface area contributed by atoms with Crippen molar-refractivity contribution in [3.63, 3.8) is 0 Å². The van der Waals surface area contributed by atoms with Crippen LogP contribution in [0.2, 0.25) is 0 Å². The molecule has 5 aliphatic heterocycles. The number of aliphatic hydroxyl groups excluding tert-OH is 14. The first kappa shape index (κ1) is 63.3. The van der Waals surface area contributed by atoms with Crippen molar-refractivity contribution in [3.05, 3.63) is 11.6 Å². The van der Waals surface area contributed by atoms with E-state index in [1.54, 1.807) is 0 Å². The van der Waals surface area contributed by atoms with Gasteiger partial charge in [-0.25, -0.2) is 0 Å². The minimum Gasteiger partial charge on any atom is -0.432 e. The summed E-state index contributed by atoms with van der Waals surface area (Å²) in [5.74, 6) is -0.982. The highest BCUT2D eigenvalue weighted by Gasteiger charge is 2.72. The van der Waals surface area contributed by atoms with Crippen LogP contribution >= 0.6 is 0 Å². The number of esters is 1. The van der Waals surface area contributed by atoms with E-state index in [-0.39, 0.29) is 47.0 Å². The quantitative estimate of drug-likeness (QED) is 0.0588. The number of allylic oxidation sites excluding steroid dienone is 2. The van der Waals surface area contributed by atoms with Crippen LogP contribution in [0.3, 0.4) is 0 Å². The monoisotopic (exact) mass is 1180 g/mol. The van der Waals surface area contributed by atoms with Crippen LogP contribution in [0.25, 0.3) is 0 Å². The fraction of sp³-hybridized carbons (Fsp3) is 0.947. The minimum atomic E-state index is -1.95. The minimum absolute atomic E-state index is 0.141. The molecule has 10 rings (SSSR count). The Kier molecular flexibility index (Phi) is 17.8. The Morgan fingerprint density at radius 3 is 1.83 bits per heavy atom. The lowest BCUT2D eigenvalue weighted by Crippen LogP contribution is -2.68. The standard InChI is InChI=1S/C57H92O25/c1-23-43(79-47-42(71)44(28(61)22-74-47)80-46-39(68)34(63)26(59)20-73-46)38(67)41(70)48(76-23)81-45-35(64)27(60)21-75-50(45)82-51(72)57-16-15-52(2,3)17-25(57)24-9-10-31-54(6)13-12-33(78-49-40(69)37(66)36(65)29(19-58)77-49)53(4,5)30(54)11-14-55(31,7)56(24,8)18-32(57)62/h9,23,25-50,58-71H,10-22H2,1-8H3. The van der Waals surface area contributed by atoms with Crippen LogP contribution in [-0.2, 0) is 52.2 Å². The first-order chi connectivity index (χ1) is 38.4. The number of rotatable bonds is 11. The normalized spacial score (nSPS) is 54.8. The van der Waals surface area contributed by atoms with E-state index in [0.717, 1.165) is 24.8 Å². The molecule has 25 nitrogen and oxygen atoms in total. The Labute approximate surface area is 477 Å². The van der Waals surface area contributed by atoms with Gasteiger partial charge in [0.15, 0.2) is 31.3 Å². The third-order valence-electron chi connectivity index (χ3n) is 22.3. The van der Waals surface area contributed by atoms with E-state index in [1.165, 1.54) is 6.92 Å². The van der Waals surface area contributed by atoms with Crippen LogP contribution in [0.1, 0.15) is 113 Å². The van der Waals surface area contributed by atoms with Crippen molar-refractivity contribution >= 4 is 5.97 Å². The second-order valence-electron chi connectivity index (χ2n) is 27.8. The van der Waals surface area contributed by atoms with Gasteiger partial charge in [0.05, 0.1) is 44.7 Å². The lowest BCUT2D eigenvalue weighted by Gasteiger charge is -2.71. The van der Waals surface area contributed by atoms with Crippen LogP contribution in [0.5, 0.6) is 0 Å². The molecule has 0 aromatic carbocycles. The van der Waals surface area contributed by atoms with Gasteiger partial charge in [-0.3, -0.25) is 4.79 Å². The van der Waals surface area contributed by atoms with E-state index in [1.807, 2.05) is 0 Å². The summed E-state index contributed by atoms with van der Waals surface area (Å²) in [6.45, 7) is 15.1. The molecule has 0 radical (unpaired) electrons. The Morgan fingerprint density at radius 2 is 1.15 bits per heavy atom. The topological polar surface area (TPSA) is 393 Å². The second-order valence-corrected chi connectivity index (χ2v) is 27.8. The largest absolute Gasteiger partial charge is 0.432 e. The van der Waals surface area contributed by atoms with Gasteiger partial charge in [0.1, 0.15) is 97.0 Å². The molecule has 0 amide bonds. The zero-order chi connectivity index (χ0) is 59.7. The van der Waals surface area contributed by atoms with Gasteiger partial charge in [-0.2, -0.15) is 0 Å². The highest BCUT2D eigenvalue weighted by Crippen LogP contribution is 2.76. The molecule has 31 unspecified atom stereocenters. The molecule has 9 fully saturated rings. The van der Waals surface area contributed by atoms with Gasteiger partial charge < -0.3 is 119 Å². The average Bonchev–Trinajstić information content (AvgIpc) is 0.745. The molecule has 0 spiro atoms. The molecule has 0 aromatic heterocycles. The number of carbonyl (C=O) groups excluding carboxylic acids is 1. The van der Waals surface area contributed by atoms with Crippen molar-refractivity contribution in [2.24, 2.45) is 50.2 Å². The highest BCUT2D eigenvalue weighted by atomic mass is 16.8. The Hall–Kier alpha value is -1.71. The predicted molar refractivity (Wildman–Crippen MR) is 277 cm³/mol. The van der Waals surface area contributed by atoms with E-state index in [0.29, 0.717) is 25.7 Å². The molecule has 0 aromatic rings. The molecule has 470 valence electrons. The van der Waals surface area contributed by atoms with Crippen molar-refractivity contribution in [1.29, 1.82) is 0 Å². The Morgan fingerprint density at radius 1 is 0.561 bits per heavy atom. The Bertz CT molecular complexity index is 2290. The third kappa shape index (κ3) is 10.4. The number of aliphatic hydroxyl groups is 14. The molecule has 25 heteroatoms. The van der Waals surface area contributed by atoms with Gasteiger partial charge >= 0.3 is 5.97 Å². The zero-order valence-electron chi connectivity index (χ0n) is 48.1. The molecule has 10 aliphatic rings. The van der Waals surface area contributed by atoms with E-state index < -0.39 is 196 Å². The predicted octanol–water partition coefficient (Wildman–Crippen LogP) is -2.30. The number of fused-ring (bicyclic) bond motifs is 7. The van der Waals surface area contributed by atoms with Crippen LogP contribution in [0.4, 0.5) is 0 Å². The van der Waals surface area contributed by atoms with Gasteiger partial charge in [0, 0.05) is 0 Å². The summed E-state index contributed by atoms with van der Waals surface area (Å²) in [6.07, 6.45) is -28.7. The first-order valence-corrected chi connectivity index (χ1v) is 29.5. The average molecular weight is 1180 g/mol. The molecule has 5 aliphatic carbocycles. The maximum Gasteiger partial charge on any atom is 0.317 e. The SMILES string of the molecule is CC1OC(OC2C(OC(=O)C34CCC(C)(C)CC3C3=CCC5C6(C)CCC(OC7OC(CO)C(O)C(O)C7O)C(C)(C)C6CCC5(C)C3(C)CC4O)OCC(O)C2O)C(O)C(O)C1OC1OCC(O)C(OC2OCC(O)C(O)C2O)C1O. The summed E-state index contributed by atoms with van der Waals surface area (Å²) in [5.41, 5.74) is -2.23. The van der Waals surface area contributed by atoms with Gasteiger partial charge in [-0.05, 0) is 110 Å². The fourth-order valence-corrected chi connectivity index (χ4v) is 17.2. The maximum atomic E-state index is 15.4. The van der Waals surface area contributed by atoms with Crippen molar-refractivity contribution in [1.82, 2.24) is 0 Å². The van der Waals surface area contributed by atoms with Crippen LogP contribution in [-0.4, -0.2) is 251 Å². The van der Waals surface area contributed by atoms with Gasteiger partial charge in [-0.1, -0.05) is 60.1 Å². The van der Waals surface area contributed by atoms with Crippen LogP contribution < -0.4 is 0 Å². The van der Waals surface area contributed by atoms with Crippen molar-refractivity contribution < 1.29 is 124 Å².